The zero-order chi connectivity index (χ0) is 15.1. The van der Waals surface area contributed by atoms with Gasteiger partial charge in [-0.25, -0.2) is 0 Å². The van der Waals surface area contributed by atoms with Crippen LogP contribution in [0.25, 0.3) is 0 Å². The Morgan fingerprint density at radius 3 is 2.90 bits per heavy atom. The van der Waals surface area contributed by atoms with Crippen molar-refractivity contribution in [1.29, 1.82) is 0 Å². The molecule has 1 fully saturated rings. The van der Waals surface area contributed by atoms with Crippen LogP contribution in [0.2, 0.25) is 0 Å². The number of hydrogen-bond acceptors (Lipinski definition) is 4. The van der Waals surface area contributed by atoms with Crippen LogP contribution in [-0.2, 0) is 6.42 Å². The number of Topliss-reactive ketones (excluding diaryl/α,β-unsaturated/α-hetero) is 1. The largest absolute Gasteiger partial charge is 0.507 e. The molecule has 3 rings (SSSR count). The monoisotopic (exact) mass is 289 g/mol. The van der Waals surface area contributed by atoms with Crippen LogP contribution < -0.4 is 4.74 Å². The highest BCUT2D eigenvalue weighted by Gasteiger charge is 2.39. The molecule has 1 aromatic rings. The number of likely N-dealkylation sites (N-methyl/N-ethyl adjacent to an activating group) is 1. The molecule has 1 heterocycles. The Morgan fingerprint density at radius 2 is 2.24 bits per heavy atom. The van der Waals surface area contributed by atoms with Crippen LogP contribution in [-0.4, -0.2) is 43.0 Å². The second-order valence-corrected chi connectivity index (χ2v) is 6.27. The molecule has 1 aromatic carbocycles. The minimum Gasteiger partial charge on any atom is -0.507 e. The van der Waals surface area contributed by atoms with Crippen molar-refractivity contribution in [2.75, 3.05) is 27.2 Å². The zero-order valence-electron chi connectivity index (χ0n) is 13.0. The van der Waals surface area contributed by atoms with E-state index in [2.05, 4.69) is 11.9 Å². The molecule has 1 saturated heterocycles. The summed E-state index contributed by atoms with van der Waals surface area (Å²) in [5.74, 6) is 1.66. The van der Waals surface area contributed by atoms with Gasteiger partial charge in [-0.1, -0.05) is 6.92 Å². The van der Waals surface area contributed by atoms with Crippen molar-refractivity contribution in [2.45, 2.75) is 32.1 Å². The number of aromatic hydroxyl groups is 1. The van der Waals surface area contributed by atoms with Crippen molar-refractivity contribution in [1.82, 2.24) is 4.90 Å². The van der Waals surface area contributed by atoms with Gasteiger partial charge in [-0.15, -0.1) is 0 Å². The minimum atomic E-state index is 0.0886. The van der Waals surface area contributed by atoms with E-state index < -0.39 is 0 Å². The SMILES string of the molecule is CCc1c(OC)cc2c(c1O)C(=O)C[C@H]1CCN(C)C[C@@H]21. The number of benzene rings is 1. The summed E-state index contributed by atoms with van der Waals surface area (Å²) in [7, 11) is 3.74. The smallest absolute Gasteiger partial charge is 0.167 e. The fourth-order valence-electron chi connectivity index (χ4n) is 3.91. The molecule has 2 aliphatic rings. The molecule has 0 spiro atoms. The van der Waals surface area contributed by atoms with Crippen molar-refractivity contribution >= 4 is 5.78 Å². The van der Waals surface area contributed by atoms with Gasteiger partial charge in [0, 0.05) is 24.4 Å². The van der Waals surface area contributed by atoms with Crippen molar-refractivity contribution in [3.8, 4) is 11.5 Å². The highest BCUT2D eigenvalue weighted by molar-refractivity contribution is 6.02. The van der Waals surface area contributed by atoms with Gasteiger partial charge in [0.2, 0.25) is 0 Å². The van der Waals surface area contributed by atoms with Gasteiger partial charge in [0.15, 0.2) is 5.78 Å². The predicted molar refractivity (Wildman–Crippen MR) is 81.3 cm³/mol. The Hall–Kier alpha value is -1.55. The molecule has 0 unspecified atom stereocenters. The van der Waals surface area contributed by atoms with Crippen molar-refractivity contribution in [3.63, 3.8) is 0 Å². The number of hydrogen-bond donors (Lipinski definition) is 1. The highest BCUT2D eigenvalue weighted by atomic mass is 16.5. The summed E-state index contributed by atoms with van der Waals surface area (Å²) in [6, 6.07) is 1.99. The average molecular weight is 289 g/mol. The topological polar surface area (TPSA) is 49.8 Å². The van der Waals surface area contributed by atoms with Crippen molar-refractivity contribution in [3.05, 3.63) is 22.8 Å². The zero-order valence-corrected chi connectivity index (χ0v) is 13.0. The quantitative estimate of drug-likeness (QED) is 0.909. The predicted octanol–water partition coefficient (Wildman–Crippen LogP) is 2.58. The van der Waals surface area contributed by atoms with Gasteiger partial charge in [-0.2, -0.15) is 0 Å². The van der Waals surface area contributed by atoms with Gasteiger partial charge < -0.3 is 14.7 Å². The van der Waals surface area contributed by atoms with Gasteiger partial charge in [0.05, 0.1) is 12.7 Å². The van der Waals surface area contributed by atoms with E-state index in [1.165, 1.54) is 0 Å². The molecule has 1 N–H and O–H groups in total. The van der Waals surface area contributed by atoms with Crippen LogP contribution in [0, 0.1) is 5.92 Å². The molecule has 0 saturated carbocycles. The standard InChI is InChI=1S/C17H23NO3/c1-4-11-15(21-3)8-12-13-9-18(2)6-5-10(13)7-14(19)16(12)17(11)20/h8,10,13,20H,4-7,9H2,1-3H3/t10-,13-/m1/s1. The third-order valence-corrected chi connectivity index (χ3v) is 5.05. The number of ketones is 1. The number of carbonyl (C=O) groups is 1. The maximum absolute atomic E-state index is 12.5. The Balaban J connectivity index is 2.16. The first-order chi connectivity index (χ1) is 10.1. The molecule has 0 radical (unpaired) electrons. The number of nitrogens with zero attached hydrogens (tertiary/aromatic N) is 1. The number of rotatable bonds is 2. The van der Waals surface area contributed by atoms with Gasteiger partial charge in [0.1, 0.15) is 11.5 Å². The van der Waals surface area contributed by atoms with Crippen LogP contribution >= 0.6 is 0 Å². The number of carbonyl (C=O) groups excluding carboxylic acids is 1. The molecular formula is C17H23NO3. The lowest BCUT2D eigenvalue weighted by atomic mass is 9.70. The molecule has 1 aliphatic heterocycles. The number of fused-ring (bicyclic) bond motifs is 3. The van der Waals surface area contributed by atoms with Crippen LogP contribution in [0.15, 0.2) is 6.07 Å². The van der Waals surface area contributed by atoms with Crippen molar-refractivity contribution < 1.29 is 14.6 Å². The van der Waals surface area contributed by atoms with E-state index in [0.29, 0.717) is 36.0 Å². The summed E-state index contributed by atoms with van der Waals surface area (Å²) in [6.45, 7) is 3.95. The lowest BCUT2D eigenvalue weighted by molar-refractivity contribution is 0.0883. The molecule has 1 aliphatic carbocycles. The summed E-state index contributed by atoms with van der Waals surface area (Å²) in [4.78, 5) is 14.8. The molecule has 4 nitrogen and oxygen atoms in total. The van der Waals surface area contributed by atoms with Gasteiger partial charge >= 0.3 is 0 Å². The summed E-state index contributed by atoms with van der Waals surface area (Å²) in [5.41, 5.74) is 2.27. The molecule has 21 heavy (non-hydrogen) atoms. The highest BCUT2D eigenvalue weighted by Crippen LogP contribution is 2.47. The second kappa shape index (κ2) is 5.34. The van der Waals surface area contributed by atoms with Crippen LogP contribution in [0.5, 0.6) is 11.5 Å². The van der Waals surface area contributed by atoms with Gasteiger partial charge in [-0.05, 0) is 44.0 Å². The number of phenols is 1. The van der Waals surface area contributed by atoms with Crippen LogP contribution in [0.4, 0.5) is 0 Å². The first-order valence-corrected chi connectivity index (χ1v) is 7.71. The van der Waals surface area contributed by atoms with Gasteiger partial charge in [0.25, 0.3) is 0 Å². The van der Waals surface area contributed by atoms with E-state index >= 15 is 0 Å². The molecule has 0 amide bonds. The number of likely N-dealkylation sites (tertiary alicyclic amines) is 1. The minimum absolute atomic E-state index is 0.0886. The fourth-order valence-corrected chi connectivity index (χ4v) is 3.91. The van der Waals surface area contributed by atoms with Crippen LogP contribution in [0.3, 0.4) is 0 Å². The lowest BCUT2D eigenvalue weighted by Gasteiger charge is -2.40. The first kappa shape index (κ1) is 14.4. The number of methoxy groups -OCH3 is 1. The number of piperidine rings is 1. The fraction of sp³-hybridized carbons (Fsp3) is 0.588. The Morgan fingerprint density at radius 1 is 1.48 bits per heavy atom. The molecule has 0 bridgehead atoms. The lowest BCUT2D eigenvalue weighted by Crippen LogP contribution is -2.40. The first-order valence-electron chi connectivity index (χ1n) is 7.71. The summed E-state index contributed by atoms with van der Waals surface area (Å²) in [6.07, 6.45) is 2.27. The molecule has 4 heteroatoms. The van der Waals surface area contributed by atoms with E-state index in [1.54, 1.807) is 7.11 Å². The Kier molecular flexibility index (Phi) is 3.66. The Bertz CT molecular complexity index is 582. The summed E-state index contributed by atoms with van der Waals surface area (Å²) in [5, 5.41) is 10.6. The van der Waals surface area contributed by atoms with Crippen molar-refractivity contribution in [2.24, 2.45) is 5.92 Å². The average Bonchev–Trinajstić information content (AvgIpc) is 2.47. The third-order valence-electron chi connectivity index (χ3n) is 5.05. The second-order valence-electron chi connectivity index (χ2n) is 6.27. The van der Waals surface area contributed by atoms with E-state index in [-0.39, 0.29) is 11.5 Å². The molecule has 0 aromatic heterocycles. The van der Waals surface area contributed by atoms with E-state index in [9.17, 15) is 9.90 Å². The van der Waals surface area contributed by atoms with E-state index in [0.717, 1.165) is 30.6 Å². The number of ether oxygens (including phenoxy) is 1. The van der Waals surface area contributed by atoms with Gasteiger partial charge in [-0.3, -0.25) is 4.79 Å². The third kappa shape index (κ3) is 2.22. The summed E-state index contributed by atoms with van der Waals surface area (Å²) < 4.78 is 5.44. The number of phenolic OH excluding ortho intramolecular Hbond substituents is 1. The maximum atomic E-state index is 12.5. The molecule has 2 atom stereocenters. The maximum Gasteiger partial charge on any atom is 0.167 e. The van der Waals surface area contributed by atoms with E-state index in [4.69, 9.17) is 4.74 Å². The molecular weight excluding hydrogens is 266 g/mol. The van der Waals surface area contributed by atoms with E-state index in [1.807, 2.05) is 13.0 Å². The normalized spacial score (nSPS) is 25.4. The Labute approximate surface area is 125 Å². The summed E-state index contributed by atoms with van der Waals surface area (Å²) >= 11 is 0. The van der Waals surface area contributed by atoms with Crippen LogP contribution in [0.1, 0.15) is 47.2 Å². The molecule has 114 valence electrons.